The lowest BCUT2D eigenvalue weighted by Crippen LogP contribution is -2.44. The van der Waals surface area contributed by atoms with Crippen molar-refractivity contribution in [3.8, 4) is 11.3 Å². The second-order valence-corrected chi connectivity index (χ2v) is 7.72. The zero-order valence-corrected chi connectivity index (χ0v) is 17.2. The van der Waals surface area contributed by atoms with Crippen molar-refractivity contribution in [3.05, 3.63) is 77.0 Å². The first-order valence-corrected chi connectivity index (χ1v) is 10.1. The number of rotatable bonds is 5. The number of carbonyl (C=O) groups excluding carboxylic acids is 1. The first-order valence-electron chi connectivity index (χ1n) is 9.75. The van der Waals surface area contributed by atoms with Crippen LogP contribution in [-0.2, 0) is 6.54 Å². The van der Waals surface area contributed by atoms with Crippen LogP contribution in [0.4, 0.5) is 5.69 Å². The van der Waals surface area contributed by atoms with Gasteiger partial charge in [0.05, 0.1) is 0 Å². The molecule has 0 aliphatic carbocycles. The smallest absolute Gasteiger partial charge is 0.287 e. The van der Waals surface area contributed by atoms with Crippen molar-refractivity contribution in [1.29, 1.82) is 0 Å². The fourth-order valence-corrected chi connectivity index (χ4v) is 3.61. The summed E-state index contributed by atoms with van der Waals surface area (Å²) in [6.45, 7) is 4.44. The molecule has 1 fully saturated rings. The van der Waals surface area contributed by atoms with E-state index in [1.54, 1.807) is 6.07 Å². The van der Waals surface area contributed by atoms with Gasteiger partial charge in [0.15, 0.2) is 5.76 Å². The topological polar surface area (TPSA) is 48.7 Å². The summed E-state index contributed by atoms with van der Waals surface area (Å²) in [5, 5.41) is 3.57. The molecule has 1 aliphatic rings. The lowest BCUT2D eigenvalue weighted by atomic mass is 10.1. The molecular formula is C23H24ClN3O2. The molecule has 3 aromatic rings. The molecule has 0 unspecified atom stereocenters. The molecule has 1 N–H and O–H groups in total. The van der Waals surface area contributed by atoms with E-state index in [0.717, 1.165) is 43.0 Å². The van der Waals surface area contributed by atoms with Crippen molar-refractivity contribution in [2.45, 2.75) is 6.54 Å². The standard InChI is InChI=1S/C23H24ClN3O2/c1-26-12-14-27(15-13-26)20-5-3-2-4-19(20)21-10-11-22(29-21)23(28)25-16-17-6-8-18(24)9-7-17/h2-11H,12-16H2,1H3,(H,25,28). The van der Waals surface area contributed by atoms with Crippen molar-refractivity contribution >= 4 is 23.2 Å². The molecule has 1 aliphatic heterocycles. The molecule has 2 heterocycles. The summed E-state index contributed by atoms with van der Waals surface area (Å²) in [5.74, 6) is 0.779. The number of para-hydroxylation sites is 1. The minimum atomic E-state index is -0.233. The molecule has 0 spiro atoms. The normalized spacial score (nSPS) is 14.8. The zero-order chi connectivity index (χ0) is 20.2. The minimum absolute atomic E-state index is 0.233. The number of benzene rings is 2. The number of nitrogens with zero attached hydrogens (tertiary/aromatic N) is 2. The Morgan fingerprint density at radius 3 is 2.48 bits per heavy atom. The van der Waals surface area contributed by atoms with Crippen molar-refractivity contribution in [2.24, 2.45) is 0 Å². The van der Waals surface area contributed by atoms with E-state index < -0.39 is 0 Å². The van der Waals surface area contributed by atoms with Gasteiger partial charge in [0.25, 0.3) is 5.91 Å². The Hall–Kier alpha value is -2.76. The van der Waals surface area contributed by atoms with Gasteiger partial charge in [-0.1, -0.05) is 35.9 Å². The van der Waals surface area contributed by atoms with Gasteiger partial charge in [-0.05, 0) is 49.0 Å². The number of carbonyl (C=O) groups is 1. The molecule has 0 atom stereocenters. The summed E-state index contributed by atoms with van der Waals surface area (Å²) in [7, 11) is 2.14. The quantitative estimate of drug-likeness (QED) is 0.683. The average molecular weight is 410 g/mol. The molecular weight excluding hydrogens is 386 g/mol. The van der Waals surface area contributed by atoms with E-state index in [4.69, 9.17) is 16.0 Å². The summed E-state index contributed by atoms with van der Waals surface area (Å²) >= 11 is 5.90. The summed E-state index contributed by atoms with van der Waals surface area (Å²) in [6.07, 6.45) is 0. The fraction of sp³-hybridized carbons (Fsp3) is 0.261. The Kier molecular flexibility index (Phi) is 5.88. The molecule has 6 heteroatoms. The lowest BCUT2D eigenvalue weighted by molar-refractivity contribution is 0.0924. The van der Waals surface area contributed by atoms with Crippen LogP contribution < -0.4 is 10.2 Å². The summed E-state index contributed by atoms with van der Waals surface area (Å²) in [5.41, 5.74) is 3.13. The highest BCUT2D eigenvalue weighted by Gasteiger charge is 2.20. The predicted molar refractivity (Wildman–Crippen MR) is 116 cm³/mol. The Labute approximate surface area is 175 Å². The number of likely N-dealkylation sites (N-methyl/N-ethyl adjacent to an activating group) is 1. The molecule has 2 aromatic carbocycles. The highest BCUT2D eigenvalue weighted by atomic mass is 35.5. The van der Waals surface area contributed by atoms with E-state index in [9.17, 15) is 4.79 Å². The van der Waals surface area contributed by atoms with Crippen LogP contribution in [-0.4, -0.2) is 44.0 Å². The second kappa shape index (κ2) is 8.72. The molecule has 5 nitrogen and oxygen atoms in total. The largest absolute Gasteiger partial charge is 0.451 e. The maximum absolute atomic E-state index is 12.5. The molecule has 0 bridgehead atoms. The van der Waals surface area contributed by atoms with E-state index in [0.29, 0.717) is 23.1 Å². The number of hydrogen-bond acceptors (Lipinski definition) is 4. The first kappa shape index (κ1) is 19.6. The third-order valence-electron chi connectivity index (χ3n) is 5.21. The van der Waals surface area contributed by atoms with Crippen LogP contribution in [0.25, 0.3) is 11.3 Å². The highest BCUT2D eigenvalue weighted by Crippen LogP contribution is 2.32. The van der Waals surface area contributed by atoms with Gasteiger partial charge in [-0.15, -0.1) is 0 Å². The van der Waals surface area contributed by atoms with Crippen LogP contribution in [0, 0.1) is 0 Å². The van der Waals surface area contributed by atoms with E-state index >= 15 is 0 Å². The highest BCUT2D eigenvalue weighted by molar-refractivity contribution is 6.30. The molecule has 1 aromatic heterocycles. The van der Waals surface area contributed by atoms with Gasteiger partial charge in [0, 0.05) is 49.0 Å². The van der Waals surface area contributed by atoms with Gasteiger partial charge in [-0.2, -0.15) is 0 Å². The molecule has 4 rings (SSSR count). The molecule has 1 saturated heterocycles. The molecule has 0 saturated carbocycles. The minimum Gasteiger partial charge on any atom is -0.451 e. The monoisotopic (exact) mass is 409 g/mol. The predicted octanol–water partition coefficient (Wildman–Crippen LogP) is 4.28. The third-order valence-corrected chi connectivity index (χ3v) is 5.46. The van der Waals surface area contributed by atoms with Gasteiger partial charge in [0.1, 0.15) is 5.76 Å². The lowest BCUT2D eigenvalue weighted by Gasteiger charge is -2.34. The zero-order valence-electron chi connectivity index (χ0n) is 16.4. The van der Waals surface area contributed by atoms with E-state index in [1.807, 2.05) is 48.5 Å². The van der Waals surface area contributed by atoms with Crippen molar-refractivity contribution in [2.75, 3.05) is 38.1 Å². The number of anilines is 1. The van der Waals surface area contributed by atoms with Crippen molar-refractivity contribution in [3.63, 3.8) is 0 Å². The molecule has 29 heavy (non-hydrogen) atoms. The van der Waals surface area contributed by atoms with Gasteiger partial charge < -0.3 is 19.5 Å². The number of amides is 1. The van der Waals surface area contributed by atoms with Crippen LogP contribution in [0.1, 0.15) is 16.1 Å². The van der Waals surface area contributed by atoms with Crippen LogP contribution in [0.2, 0.25) is 5.02 Å². The summed E-state index contributed by atoms with van der Waals surface area (Å²) in [4.78, 5) is 17.2. The van der Waals surface area contributed by atoms with Crippen LogP contribution in [0.3, 0.4) is 0 Å². The van der Waals surface area contributed by atoms with Crippen LogP contribution >= 0.6 is 11.6 Å². The SMILES string of the molecule is CN1CCN(c2ccccc2-c2ccc(C(=O)NCc3ccc(Cl)cc3)o2)CC1. The summed E-state index contributed by atoms with van der Waals surface area (Å²) < 4.78 is 5.92. The molecule has 1 amide bonds. The Bertz CT molecular complexity index is 976. The third kappa shape index (κ3) is 4.63. The number of nitrogens with one attached hydrogen (secondary N) is 1. The van der Waals surface area contributed by atoms with Crippen molar-refractivity contribution in [1.82, 2.24) is 10.2 Å². The fourth-order valence-electron chi connectivity index (χ4n) is 3.48. The van der Waals surface area contributed by atoms with E-state index in [2.05, 4.69) is 28.2 Å². The van der Waals surface area contributed by atoms with Crippen LogP contribution in [0.15, 0.2) is 65.1 Å². The Morgan fingerprint density at radius 1 is 1.00 bits per heavy atom. The maximum Gasteiger partial charge on any atom is 0.287 e. The summed E-state index contributed by atoms with van der Waals surface area (Å²) in [6, 6.07) is 19.2. The van der Waals surface area contributed by atoms with E-state index in [-0.39, 0.29) is 5.91 Å². The number of piperazine rings is 1. The maximum atomic E-state index is 12.5. The Balaban J connectivity index is 1.47. The van der Waals surface area contributed by atoms with Gasteiger partial charge in [-0.3, -0.25) is 4.79 Å². The van der Waals surface area contributed by atoms with Crippen LogP contribution in [0.5, 0.6) is 0 Å². The second-order valence-electron chi connectivity index (χ2n) is 7.28. The van der Waals surface area contributed by atoms with Crippen molar-refractivity contribution < 1.29 is 9.21 Å². The van der Waals surface area contributed by atoms with E-state index in [1.165, 1.54) is 0 Å². The number of furan rings is 1. The average Bonchev–Trinajstić information content (AvgIpc) is 3.24. The molecule has 0 radical (unpaired) electrons. The number of halogens is 1. The van der Waals surface area contributed by atoms with Gasteiger partial charge in [0.2, 0.25) is 0 Å². The van der Waals surface area contributed by atoms with Gasteiger partial charge in [-0.25, -0.2) is 0 Å². The Morgan fingerprint density at radius 2 is 1.72 bits per heavy atom. The number of hydrogen-bond donors (Lipinski definition) is 1. The first-order chi connectivity index (χ1) is 14.1. The van der Waals surface area contributed by atoms with Gasteiger partial charge >= 0.3 is 0 Å². The molecule has 150 valence electrons.